The summed E-state index contributed by atoms with van der Waals surface area (Å²) >= 11 is 0. The van der Waals surface area contributed by atoms with Gasteiger partial charge in [0.1, 0.15) is 5.60 Å². The summed E-state index contributed by atoms with van der Waals surface area (Å²) in [7, 11) is 0. The van der Waals surface area contributed by atoms with Crippen LogP contribution in [0.4, 0.5) is 4.79 Å². The second-order valence-corrected chi connectivity index (χ2v) is 10.6. The molecule has 6 nitrogen and oxygen atoms in total. The summed E-state index contributed by atoms with van der Waals surface area (Å²) < 4.78 is 12.7. The number of hydrogen-bond acceptors (Lipinski definition) is 5. The van der Waals surface area contributed by atoms with Gasteiger partial charge in [-0.3, -0.25) is 4.79 Å². The third-order valence-electron chi connectivity index (χ3n) is 6.01. The van der Waals surface area contributed by atoms with Gasteiger partial charge in [-0.25, -0.2) is 9.36 Å². The molecule has 35 heavy (non-hydrogen) atoms. The SMILES string of the molecule is CCOC(=O)C(C)(C)c1ccc2c(c1)c(CCO)c(-c1cc(C)cc(C)c1)n2C(=O)OC(C)(C)C. The van der Waals surface area contributed by atoms with Gasteiger partial charge >= 0.3 is 12.1 Å². The molecule has 3 rings (SSSR count). The molecule has 1 N–H and O–H groups in total. The molecule has 6 heteroatoms. The zero-order valence-electron chi connectivity index (χ0n) is 22.1. The largest absolute Gasteiger partial charge is 0.465 e. The Bertz CT molecular complexity index is 1240. The van der Waals surface area contributed by atoms with Gasteiger partial charge in [-0.2, -0.15) is 0 Å². The Morgan fingerprint density at radius 3 is 2.14 bits per heavy atom. The van der Waals surface area contributed by atoms with Crippen molar-refractivity contribution in [2.45, 2.75) is 72.8 Å². The van der Waals surface area contributed by atoms with Crippen LogP contribution in [0.1, 0.15) is 63.8 Å². The van der Waals surface area contributed by atoms with E-state index in [2.05, 4.69) is 6.07 Å². The Kier molecular flexibility index (Phi) is 7.46. The van der Waals surface area contributed by atoms with Crippen molar-refractivity contribution in [2.75, 3.05) is 13.2 Å². The predicted octanol–water partition coefficient (Wildman–Crippen LogP) is 6.08. The first-order valence-electron chi connectivity index (χ1n) is 12.1. The number of ether oxygens (including phenoxy) is 2. The van der Waals surface area contributed by atoms with E-state index in [0.717, 1.165) is 33.2 Å². The Morgan fingerprint density at radius 1 is 0.971 bits per heavy atom. The molecule has 1 aromatic heterocycles. The molecule has 188 valence electrons. The summed E-state index contributed by atoms with van der Waals surface area (Å²) in [4.78, 5) is 26.2. The van der Waals surface area contributed by atoms with Crippen LogP contribution < -0.4 is 0 Å². The van der Waals surface area contributed by atoms with Crippen LogP contribution >= 0.6 is 0 Å². The van der Waals surface area contributed by atoms with Gasteiger partial charge < -0.3 is 14.6 Å². The molecule has 0 aliphatic heterocycles. The van der Waals surface area contributed by atoms with Crippen LogP contribution in [0.2, 0.25) is 0 Å². The van der Waals surface area contributed by atoms with Crippen LogP contribution in [0.25, 0.3) is 22.2 Å². The Labute approximate surface area is 207 Å². The lowest BCUT2D eigenvalue weighted by molar-refractivity contribution is -0.148. The van der Waals surface area contributed by atoms with Crippen molar-refractivity contribution < 1.29 is 24.2 Å². The van der Waals surface area contributed by atoms with E-state index in [1.807, 2.05) is 78.8 Å². The third kappa shape index (κ3) is 5.43. The summed E-state index contributed by atoms with van der Waals surface area (Å²) in [6.45, 7) is 15.2. The molecule has 1 heterocycles. The molecule has 3 aromatic rings. The molecule has 0 radical (unpaired) electrons. The number of carbonyl (C=O) groups is 2. The summed E-state index contributed by atoms with van der Waals surface area (Å²) in [5.74, 6) is -0.316. The Balaban J connectivity index is 2.39. The van der Waals surface area contributed by atoms with Crippen molar-refractivity contribution in [3.63, 3.8) is 0 Å². The second-order valence-electron chi connectivity index (χ2n) is 10.6. The van der Waals surface area contributed by atoms with E-state index < -0.39 is 17.1 Å². The molecule has 0 spiro atoms. The highest BCUT2D eigenvalue weighted by Crippen LogP contribution is 2.38. The molecule has 0 amide bonds. The quantitative estimate of drug-likeness (QED) is 0.433. The van der Waals surface area contributed by atoms with Gasteiger partial charge in [0.05, 0.1) is 23.2 Å². The maximum absolute atomic E-state index is 13.5. The molecule has 0 aliphatic carbocycles. The predicted molar refractivity (Wildman–Crippen MR) is 139 cm³/mol. The highest BCUT2D eigenvalue weighted by molar-refractivity contribution is 6.00. The van der Waals surface area contributed by atoms with Crippen molar-refractivity contribution >= 4 is 23.0 Å². The van der Waals surface area contributed by atoms with Gasteiger partial charge in [-0.05, 0) is 103 Å². The maximum Gasteiger partial charge on any atom is 0.419 e. The zero-order valence-corrected chi connectivity index (χ0v) is 22.1. The normalized spacial score (nSPS) is 12.1. The lowest BCUT2D eigenvalue weighted by atomic mass is 9.83. The van der Waals surface area contributed by atoms with E-state index in [1.165, 1.54) is 0 Å². The first-order chi connectivity index (χ1) is 16.3. The van der Waals surface area contributed by atoms with Gasteiger partial charge in [0, 0.05) is 12.0 Å². The van der Waals surface area contributed by atoms with Crippen molar-refractivity contribution in [1.29, 1.82) is 0 Å². The second kappa shape index (κ2) is 9.86. The minimum Gasteiger partial charge on any atom is -0.465 e. The number of fused-ring (bicyclic) bond motifs is 1. The first kappa shape index (κ1) is 26.5. The van der Waals surface area contributed by atoms with Crippen molar-refractivity contribution in [3.05, 3.63) is 58.7 Å². The Hall–Kier alpha value is -3.12. The molecule has 0 saturated heterocycles. The molecular formula is C29H37NO5. The fraction of sp³-hybridized carbons (Fsp3) is 0.448. The maximum atomic E-state index is 13.5. The smallest absolute Gasteiger partial charge is 0.419 e. The van der Waals surface area contributed by atoms with Gasteiger partial charge in [-0.1, -0.05) is 23.3 Å². The fourth-order valence-corrected chi connectivity index (χ4v) is 4.45. The van der Waals surface area contributed by atoms with Crippen molar-refractivity contribution in [1.82, 2.24) is 4.57 Å². The number of benzene rings is 2. The molecule has 0 aliphatic rings. The fourth-order valence-electron chi connectivity index (χ4n) is 4.45. The zero-order chi connectivity index (χ0) is 26.1. The molecule has 0 unspecified atom stereocenters. The minimum atomic E-state index is -0.880. The number of hydrogen-bond donors (Lipinski definition) is 1. The minimum absolute atomic E-state index is 0.0866. The van der Waals surface area contributed by atoms with Gasteiger partial charge in [0.25, 0.3) is 0 Å². The summed E-state index contributed by atoms with van der Waals surface area (Å²) in [5.41, 5.74) is 4.42. The van der Waals surface area contributed by atoms with Crippen LogP contribution in [0.15, 0.2) is 36.4 Å². The van der Waals surface area contributed by atoms with Crippen LogP contribution in [0, 0.1) is 13.8 Å². The summed E-state index contributed by atoms with van der Waals surface area (Å²) in [6, 6.07) is 11.8. The van der Waals surface area contributed by atoms with E-state index in [0.29, 0.717) is 24.2 Å². The van der Waals surface area contributed by atoms with Crippen LogP contribution in [0.5, 0.6) is 0 Å². The molecule has 0 bridgehead atoms. The topological polar surface area (TPSA) is 77.8 Å². The number of esters is 1. The van der Waals surface area contributed by atoms with Gasteiger partial charge in [-0.15, -0.1) is 0 Å². The summed E-state index contributed by atoms with van der Waals surface area (Å²) in [6.07, 6.45) is -0.143. The van der Waals surface area contributed by atoms with E-state index in [9.17, 15) is 14.7 Å². The number of aryl methyl sites for hydroxylation is 2. The van der Waals surface area contributed by atoms with Crippen molar-refractivity contribution in [2.24, 2.45) is 0 Å². The molecule has 0 fully saturated rings. The highest BCUT2D eigenvalue weighted by atomic mass is 16.6. The molecular weight excluding hydrogens is 442 g/mol. The van der Waals surface area contributed by atoms with E-state index in [4.69, 9.17) is 9.47 Å². The Morgan fingerprint density at radius 2 is 1.60 bits per heavy atom. The first-order valence-corrected chi connectivity index (χ1v) is 12.1. The van der Waals surface area contributed by atoms with E-state index >= 15 is 0 Å². The molecule has 0 atom stereocenters. The number of rotatable bonds is 6. The summed E-state index contributed by atoms with van der Waals surface area (Å²) in [5, 5.41) is 10.8. The average Bonchev–Trinajstić information content (AvgIpc) is 3.06. The third-order valence-corrected chi connectivity index (χ3v) is 6.01. The molecule has 0 saturated carbocycles. The lowest BCUT2D eigenvalue weighted by Crippen LogP contribution is -2.31. The van der Waals surface area contributed by atoms with Crippen molar-refractivity contribution in [3.8, 4) is 11.3 Å². The average molecular weight is 480 g/mol. The van der Waals surface area contributed by atoms with Crippen LogP contribution in [0.3, 0.4) is 0 Å². The monoisotopic (exact) mass is 479 g/mol. The van der Waals surface area contributed by atoms with Gasteiger partial charge in [0.15, 0.2) is 0 Å². The number of nitrogens with zero attached hydrogens (tertiary/aromatic N) is 1. The number of aliphatic hydroxyl groups excluding tert-OH is 1. The highest BCUT2D eigenvalue weighted by Gasteiger charge is 2.33. The van der Waals surface area contributed by atoms with E-state index in [-0.39, 0.29) is 12.6 Å². The number of aliphatic hydroxyl groups is 1. The molecule has 2 aromatic carbocycles. The number of carbonyl (C=O) groups excluding carboxylic acids is 2. The lowest BCUT2D eigenvalue weighted by Gasteiger charge is -2.23. The standard InChI is InChI=1S/C29H37NO5/c1-9-34-26(32)29(7,8)21-10-11-24-23(17-21)22(12-13-31)25(20-15-18(2)14-19(3)16-20)30(24)27(33)35-28(4,5)6/h10-11,14-17,31H,9,12-13H2,1-8H3. The van der Waals surface area contributed by atoms with Crippen LogP contribution in [-0.4, -0.2) is 40.6 Å². The van der Waals surface area contributed by atoms with Gasteiger partial charge in [0.2, 0.25) is 0 Å². The van der Waals surface area contributed by atoms with E-state index in [1.54, 1.807) is 11.5 Å². The number of aromatic nitrogens is 1. The van der Waals surface area contributed by atoms with Crippen LogP contribution in [-0.2, 0) is 26.1 Å².